The topological polar surface area (TPSA) is 71.9 Å². The van der Waals surface area contributed by atoms with Gasteiger partial charge >= 0.3 is 0 Å². The molecule has 4 nitrogen and oxygen atoms in total. The zero-order valence-corrected chi connectivity index (χ0v) is 7.03. The summed E-state index contributed by atoms with van der Waals surface area (Å²) < 4.78 is 5.31. The molecule has 1 unspecified atom stereocenters. The van der Waals surface area contributed by atoms with E-state index in [9.17, 15) is 0 Å². The van der Waals surface area contributed by atoms with Gasteiger partial charge in [0, 0.05) is 18.2 Å². The van der Waals surface area contributed by atoms with Crippen molar-refractivity contribution in [3.63, 3.8) is 0 Å². The second-order valence-corrected chi connectivity index (χ2v) is 2.92. The molecule has 13 heavy (non-hydrogen) atoms. The van der Waals surface area contributed by atoms with Gasteiger partial charge in [-0.2, -0.15) is 5.26 Å². The van der Waals surface area contributed by atoms with E-state index in [0.29, 0.717) is 12.2 Å². The molecule has 1 aromatic heterocycles. The summed E-state index contributed by atoms with van der Waals surface area (Å²) in [5, 5.41) is 8.59. The highest BCUT2D eigenvalue weighted by atomic mass is 16.5. The molecule has 0 aromatic carbocycles. The lowest BCUT2D eigenvalue weighted by molar-refractivity contribution is 0.356. The van der Waals surface area contributed by atoms with Crippen molar-refractivity contribution in [1.29, 1.82) is 5.26 Å². The molecule has 0 amide bonds. The fourth-order valence-corrected chi connectivity index (χ4v) is 1.30. The maximum atomic E-state index is 8.59. The summed E-state index contributed by atoms with van der Waals surface area (Å²) in [6, 6.07) is 3.14. The van der Waals surface area contributed by atoms with Crippen LogP contribution in [0.3, 0.4) is 0 Å². The first-order valence-electron chi connectivity index (χ1n) is 4.08. The molecule has 2 heterocycles. The molecular formula is C9H9N3O. The second kappa shape index (κ2) is 3.04. The van der Waals surface area contributed by atoms with E-state index in [1.807, 2.05) is 6.07 Å². The third kappa shape index (κ3) is 1.34. The van der Waals surface area contributed by atoms with Crippen molar-refractivity contribution in [2.75, 3.05) is 6.61 Å². The first-order chi connectivity index (χ1) is 6.31. The predicted octanol–water partition coefficient (Wildman–Crippen LogP) is 0.540. The quantitative estimate of drug-likeness (QED) is 0.676. The van der Waals surface area contributed by atoms with E-state index in [-0.39, 0.29) is 0 Å². The Balaban J connectivity index is 2.37. The van der Waals surface area contributed by atoms with E-state index < -0.39 is 6.04 Å². The van der Waals surface area contributed by atoms with Gasteiger partial charge in [-0.15, -0.1) is 0 Å². The largest absolute Gasteiger partial charge is 0.491 e. The molecule has 1 aliphatic rings. The summed E-state index contributed by atoms with van der Waals surface area (Å²) in [5.41, 5.74) is 7.20. The maximum Gasteiger partial charge on any atom is 0.141 e. The Morgan fingerprint density at radius 2 is 2.54 bits per heavy atom. The van der Waals surface area contributed by atoms with Gasteiger partial charge in [-0.1, -0.05) is 0 Å². The van der Waals surface area contributed by atoms with Gasteiger partial charge in [-0.25, -0.2) is 0 Å². The van der Waals surface area contributed by atoms with Crippen molar-refractivity contribution in [2.45, 2.75) is 12.5 Å². The molecule has 1 aliphatic heterocycles. The Bertz CT molecular complexity index is 370. The van der Waals surface area contributed by atoms with Crippen LogP contribution in [0.4, 0.5) is 0 Å². The molecule has 2 rings (SSSR count). The standard InChI is InChI=1S/C9H9N3O/c10-4-7(11)6-3-9-8(12-5-6)1-2-13-9/h3,5,7H,1-2,11H2. The minimum atomic E-state index is -0.609. The summed E-state index contributed by atoms with van der Waals surface area (Å²) in [4.78, 5) is 4.17. The fourth-order valence-electron chi connectivity index (χ4n) is 1.30. The number of nitriles is 1. The Morgan fingerprint density at radius 3 is 3.31 bits per heavy atom. The Morgan fingerprint density at radius 1 is 1.69 bits per heavy atom. The van der Waals surface area contributed by atoms with Gasteiger partial charge in [-0.05, 0) is 6.07 Å². The van der Waals surface area contributed by atoms with Gasteiger partial charge in [0.2, 0.25) is 0 Å². The van der Waals surface area contributed by atoms with Gasteiger partial charge in [0.05, 0.1) is 18.4 Å². The lowest BCUT2D eigenvalue weighted by Crippen LogP contribution is -2.07. The minimum absolute atomic E-state index is 0.609. The third-order valence-electron chi connectivity index (χ3n) is 2.05. The normalized spacial score (nSPS) is 15.7. The highest BCUT2D eigenvalue weighted by Crippen LogP contribution is 2.25. The van der Waals surface area contributed by atoms with Crippen LogP contribution in [-0.2, 0) is 6.42 Å². The first-order valence-corrected chi connectivity index (χ1v) is 4.08. The number of ether oxygens (including phenoxy) is 1. The van der Waals surface area contributed by atoms with Crippen molar-refractivity contribution < 1.29 is 4.74 Å². The van der Waals surface area contributed by atoms with E-state index in [1.54, 1.807) is 12.3 Å². The van der Waals surface area contributed by atoms with Crippen LogP contribution in [0.1, 0.15) is 17.3 Å². The highest BCUT2D eigenvalue weighted by molar-refractivity contribution is 5.36. The smallest absolute Gasteiger partial charge is 0.141 e. The average Bonchev–Trinajstić information content (AvgIpc) is 2.63. The van der Waals surface area contributed by atoms with Crippen molar-refractivity contribution in [1.82, 2.24) is 4.98 Å². The minimum Gasteiger partial charge on any atom is -0.491 e. The lowest BCUT2D eigenvalue weighted by atomic mass is 10.1. The van der Waals surface area contributed by atoms with Crippen LogP contribution in [0.5, 0.6) is 5.75 Å². The van der Waals surface area contributed by atoms with Crippen molar-refractivity contribution in [2.24, 2.45) is 5.73 Å². The number of aromatic nitrogens is 1. The summed E-state index contributed by atoms with van der Waals surface area (Å²) in [7, 11) is 0. The lowest BCUT2D eigenvalue weighted by Gasteiger charge is -2.04. The molecule has 2 N–H and O–H groups in total. The van der Waals surface area contributed by atoms with Crippen LogP contribution in [0, 0.1) is 11.3 Å². The molecule has 4 heteroatoms. The zero-order valence-electron chi connectivity index (χ0n) is 7.03. The van der Waals surface area contributed by atoms with Crippen molar-refractivity contribution >= 4 is 0 Å². The molecule has 0 bridgehead atoms. The third-order valence-corrected chi connectivity index (χ3v) is 2.05. The molecule has 0 spiro atoms. The molecule has 0 saturated carbocycles. The van der Waals surface area contributed by atoms with Crippen molar-refractivity contribution in [3.8, 4) is 11.8 Å². The number of fused-ring (bicyclic) bond motifs is 1. The molecule has 66 valence electrons. The summed E-state index contributed by atoms with van der Waals surface area (Å²) in [5.74, 6) is 0.767. The second-order valence-electron chi connectivity index (χ2n) is 2.92. The first kappa shape index (κ1) is 8.02. The molecule has 1 aromatic rings. The fraction of sp³-hybridized carbons (Fsp3) is 0.333. The van der Waals surface area contributed by atoms with Gasteiger partial charge in [-0.3, -0.25) is 4.98 Å². The molecule has 0 saturated heterocycles. The van der Waals surface area contributed by atoms with Gasteiger partial charge < -0.3 is 10.5 Å². The van der Waals surface area contributed by atoms with E-state index in [1.165, 1.54) is 0 Å². The highest BCUT2D eigenvalue weighted by Gasteiger charge is 2.15. The zero-order chi connectivity index (χ0) is 9.26. The molecule has 0 aliphatic carbocycles. The van der Waals surface area contributed by atoms with Crippen LogP contribution < -0.4 is 10.5 Å². The molecular weight excluding hydrogens is 166 g/mol. The van der Waals surface area contributed by atoms with Gasteiger partial charge in [0.1, 0.15) is 11.8 Å². The number of hydrogen-bond acceptors (Lipinski definition) is 4. The van der Waals surface area contributed by atoms with Crippen LogP contribution >= 0.6 is 0 Å². The number of hydrogen-bond donors (Lipinski definition) is 1. The number of nitrogens with zero attached hydrogens (tertiary/aromatic N) is 2. The van der Waals surface area contributed by atoms with Crippen LogP contribution in [0.15, 0.2) is 12.3 Å². The SMILES string of the molecule is N#CC(N)c1cnc2c(c1)OCC2. The van der Waals surface area contributed by atoms with Crippen LogP contribution in [0.25, 0.3) is 0 Å². The van der Waals surface area contributed by atoms with Crippen molar-refractivity contribution in [3.05, 3.63) is 23.5 Å². The van der Waals surface area contributed by atoms with Crippen LogP contribution in [-0.4, -0.2) is 11.6 Å². The van der Waals surface area contributed by atoms with Gasteiger partial charge in [0.25, 0.3) is 0 Å². The number of rotatable bonds is 1. The Labute approximate surface area is 76.0 Å². The summed E-state index contributed by atoms with van der Waals surface area (Å²) >= 11 is 0. The molecule has 0 radical (unpaired) electrons. The number of nitrogens with two attached hydrogens (primary N) is 1. The Hall–Kier alpha value is -1.60. The summed E-state index contributed by atoms with van der Waals surface area (Å²) in [6.07, 6.45) is 2.48. The molecule has 1 atom stereocenters. The monoisotopic (exact) mass is 175 g/mol. The van der Waals surface area contributed by atoms with E-state index >= 15 is 0 Å². The van der Waals surface area contributed by atoms with Crippen LogP contribution in [0.2, 0.25) is 0 Å². The van der Waals surface area contributed by atoms with Gasteiger partial charge in [0.15, 0.2) is 0 Å². The predicted molar refractivity (Wildman–Crippen MR) is 46.0 cm³/mol. The van der Waals surface area contributed by atoms with E-state index in [4.69, 9.17) is 15.7 Å². The number of pyridine rings is 1. The Kier molecular flexibility index (Phi) is 1.87. The average molecular weight is 175 g/mol. The van der Waals surface area contributed by atoms with E-state index in [0.717, 1.165) is 17.9 Å². The molecule has 0 fully saturated rings. The maximum absolute atomic E-state index is 8.59. The van der Waals surface area contributed by atoms with E-state index in [2.05, 4.69) is 4.98 Å². The summed E-state index contributed by atoms with van der Waals surface area (Å²) in [6.45, 7) is 0.674.